The quantitative estimate of drug-likeness (QED) is 0.562. The van der Waals surface area contributed by atoms with E-state index in [1.165, 1.54) is 0 Å². The van der Waals surface area contributed by atoms with E-state index in [0.29, 0.717) is 18.7 Å². The molecule has 0 spiro atoms. The Bertz CT molecular complexity index is 757. The molecule has 0 radical (unpaired) electrons. The van der Waals surface area contributed by atoms with Crippen molar-refractivity contribution in [2.24, 2.45) is 0 Å². The first-order chi connectivity index (χ1) is 9.50. The Hall–Kier alpha value is -0.340. The normalized spacial score (nSPS) is 21.6. The summed E-state index contributed by atoms with van der Waals surface area (Å²) < 4.78 is 26.7. The molecule has 0 saturated carbocycles. The van der Waals surface area contributed by atoms with Crippen molar-refractivity contribution in [1.82, 2.24) is 9.55 Å². The smallest absolute Gasteiger partial charge is 0.152 e. The molecule has 1 fully saturated rings. The van der Waals surface area contributed by atoms with Crippen molar-refractivity contribution in [3.8, 4) is 0 Å². The molecule has 1 aromatic carbocycles. The van der Waals surface area contributed by atoms with Gasteiger partial charge in [-0.1, -0.05) is 0 Å². The zero-order valence-corrected chi connectivity index (χ0v) is 14.4. The Morgan fingerprint density at radius 2 is 2.25 bits per heavy atom. The van der Waals surface area contributed by atoms with Crippen LogP contribution < -0.4 is 0 Å². The van der Waals surface area contributed by atoms with E-state index in [4.69, 9.17) is 11.6 Å². The van der Waals surface area contributed by atoms with Crippen LogP contribution in [-0.2, 0) is 16.3 Å². The summed E-state index contributed by atoms with van der Waals surface area (Å²) in [6, 6.07) is 6.05. The molecular formula is C13H14ClIN2O2S. The Labute approximate surface area is 136 Å². The fraction of sp³-hybridized carbons (Fsp3) is 0.462. The first kappa shape index (κ1) is 14.6. The van der Waals surface area contributed by atoms with E-state index in [0.717, 1.165) is 20.4 Å². The lowest BCUT2D eigenvalue weighted by Crippen LogP contribution is -2.14. The maximum absolute atomic E-state index is 11.7. The molecule has 0 amide bonds. The van der Waals surface area contributed by atoms with Gasteiger partial charge >= 0.3 is 0 Å². The van der Waals surface area contributed by atoms with Gasteiger partial charge in [0.15, 0.2) is 9.84 Å². The van der Waals surface area contributed by atoms with E-state index in [1.807, 2.05) is 18.2 Å². The van der Waals surface area contributed by atoms with Gasteiger partial charge in [0, 0.05) is 15.9 Å². The first-order valence-corrected chi connectivity index (χ1v) is 9.86. The number of hydrogen-bond acceptors (Lipinski definition) is 3. The lowest BCUT2D eigenvalue weighted by molar-refractivity contribution is 0.548. The van der Waals surface area contributed by atoms with Gasteiger partial charge in [-0.25, -0.2) is 13.4 Å². The van der Waals surface area contributed by atoms with E-state index in [9.17, 15) is 8.42 Å². The number of rotatable bonds is 3. The van der Waals surface area contributed by atoms with Gasteiger partial charge in [-0.05, 0) is 47.2 Å². The molecule has 20 heavy (non-hydrogen) atoms. The van der Waals surface area contributed by atoms with Crippen LogP contribution in [0.1, 0.15) is 18.3 Å². The second-order valence-corrected chi connectivity index (χ2v) is 8.88. The van der Waals surface area contributed by atoms with Gasteiger partial charge in [0.1, 0.15) is 5.82 Å². The van der Waals surface area contributed by atoms with Crippen LogP contribution in [0.2, 0.25) is 0 Å². The van der Waals surface area contributed by atoms with Crippen molar-refractivity contribution in [1.29, 1.82) is 0 Å². The predicted molar refractivity (Wildman–Crippen MR) is 89.2 cm³/mol. The van der Waals surface area contributed by atoms with E-state index < -0.39 is 9.84 Å². The van der Waals surface area contributed by atoms with Gasteiger partial charge < -0.3 is 4.57 Å². The molecule has 7 heteroatoms. The molecule has 1 atom stereocenters. The molecule has 1 saturated heterocycles. The monoisotopic (exact) mass is 424 g/mol. The highest BCUT2D eigenvalue weighted by atomic mass is 127. The molecule has 0 bridgehead atoms. The summed E-state index contributed by atoms with van der Waals surface area (Å²) in [5.74, 6) is 1.85. The van der Waals surface area contributed by atoms with Crippen LogP contribution in [-0.4, -0.2) is 35.4 Å². The predicted octanol–water partition coefficient (Wildman–Crippen LogP) is 2.78. The van der Waals surface area contributed by atoms with Gasteiger partial charge in [-0.3, -0.25) is 0 Å². The number of sulfone groups is 1. The van der Waals surface area contributed by atoms with Crippen LogP contribution in [0.4, 0.5) is 0 Å². The number of aryl methyl sites for hydroxylation is 1. The van der Waals surface area contributed by atoms with Crippen molar-refractivity contribution in [2.45, 2.75) is 18.9 Å². The van der Waals surface area contributed by atoms with Crippen LogP contribution in [0.15, 0.2) is 18.2 Å². The molecule has 1 aromatic heterocycles. The van der Waals surface area contributed by atoms with Crippen molar-refractivity contribution in [3.05, 3.63) is 27.6 Å². The first-order valence-electron chi connectivity index (χ1n) is 6.43. The number of imidazole rings is 1. The SMILES string of the molecule is O=S1(=O)CCC(n2c(CCCl)nc3cc(I)ccc32)C1. The zero-order chi connectivity index (χ0) is 14.3. The highest BCUT2D eigenvalue weighted by Crippen LogP contribution is 2.30. The van der Waals surface area contributed by atoms with Crippen LogP contribution in [0.5, 0.6) is 0 Å². The number of fused-ring (bicyclic) bond motifs is 1. The van der Waals surface area contributed by atoms with E-state index >= 15 is 0 Å². The molecule has 2 heterocycles. The van der Waals surface area contributed by atoms with Crippen molar-refractivity contribution in [3.63, 3.8) is 0 Å². The Morgan fingerprint density at radius 1 is 1.45 bits per heavy atom. The highest BCUT2D eigenvalue weighted by Gasteiger charge is 2.31. The van der Waals surface area contributed by atoms with E-state index in [2.05, 4.69) is 32.1 Å². The third kappa shape index (κ3) is 2.69. The number of aromatic nitrogens is 2. The number of benzene rings is 1. The minimum Gasteiger partial charge on any atom is -0.324 e. The third-order valence-corrected chi connectivity index (χ3v) is 6.23. The van der Waals surface area contributed by atoms with Crippen LogP contribution in [0.3, 0.4) is 0 Å². The summed E-state index contributed by atoms with van der Waals surface area (Å²) in [6.07, 6.45) is 1.32. The van der Waals surface area contributed by atoms with Crippen molar-refractivity contribution in [2.75, 3.05) is 17.4 Å². The maximum Gasteiger partial charge on any atom is 0.152 e. The van der Waals surface area contributed by atoms with Crippen molar-refractivity contribution < 1.29 is 8.42 Å². The van der Waals surface area contributed by atoms with Crippen LogP contribution in [0, 0.1) is 3.57 Å². The largest absolute Gasteiger partial charge is 0.324 e. The standard InChI is InChI=1S/C13H14ClIN2O2S/c14-5-3-13-16-11-7-9(15)1-2-12(11)17(13)10-4-6-20(18,19)8-10/h1-2,7,10H,3-6,8H2. The molecule has 1 unspecified atom stereocenters. The summed E-state index contributed by atoms with van der Waals surface area (Å²) in [6.45, 7) is 0. The average molecular weight is 425 g/mol. The number of halogens is 2. The van der Waals surface area contributed by atoms with Gasteiger partial charge in [0.25, 0.3) is 0 Å². The molecule has 1 aliphatic rings. The summed E-state index contributed by atoms with van der Waals surface area (Å²) in [7, 11) is -2.91. The summed E-state index contributed by atoms with van der Waals surface area (Å²) in [5, 5.41) is 0. The van der Waals surface area contributed by atoms with Gasteiger partial charge in [0.05, 0.1) is 28.6 Å². The minimum absolute atomic E-state index is 0.0109. The lowest BCUT2D eigenvalue weighted by atomic mass is 10.2. The third-order valence-electron chi connectivity index (χ3n) is 3.62. The Kier molecular flexibility index (Phi) is 3.98. The fourth-order valence-electron chi connectivity index (χ4n) is 2.77. The number of hydrogen-bond donors (Lipinski definition) is 0. The Balaban J connectivity index is 2.14. The minimum atomic E-state index is -2.91. The highest BCUT2D eigenvalue weighted by molar-refractivity contribution is 14.1. The fourth-order valence-corrected chi connectivity index (χ4v) is 5.11. The second kappa shape index (κ2) is 5.46. The molecule has 3 rings (SSSR count). The summed E-state index contributed by atoms with van der Waals surface area (Å²) in [5.41, 5.74) is 1.92. The van der Waals surface area contributed by atoms with E-state index in [1.54, 1.807) is 0 Å². The second-order valence-electron chi connectivity index (χ2n) is 5.03. The lowest BCUT2D eigenvalue weighted by Gasteiger charge is -2.14. The van der Waals surface area contributed by atoms with Crippen molar-refractivity contribution >= 4 is 55.1 Å². The van der Waals surface area contributed by atoms with Crippen LogP contribution in [0.25, 0.3) is 11.0 Å². The number of nitrogens with zero attached hydrogens (tertiary/aromatic N) is 2. The summed E-state index contributed by atoms with van der Waals surface area (Å²) in [4.78, 5) is 4.63. The maximum atomic E-state index is 11.7. The van der Waals surface area contributed by atoms with E-state index in [-0.39, 0.29) is 17.5 Å². The van der Waals surface area contributed by atoms with Gasteiger partial charge in [0.2, 0.25) is 0 Å². The van der Waals surface area contributed by atoms with Crippen LogP contribution >= 0.6 is 34.2 Å². The Morgan fingerprint density at radius 3 is 2.90 bits per heavy atom. The molecule has 4 nitrogen and oxygen atoms in total. The topological polar surface area (TPSA) is 52.0 Å². The summed E-state index contributed by atoms with van der Waals surface area (Å²) >= 11 is 8.11. The molecule has 1 aliphatic heterocycles. The molecule has 0 aliphatic carbocycles. The molecule has 0 N–H and O–H groups in total. The van der Waals surface area contributed by atoms with Gasteiger partial charge in [-0.15, -0.1) is 11.6 Å². The zero-order valence-electron chi connectivity index (χ0n) is 10.7. The number of alkyl halides is 1. The van der Waals surface area contributed by atoms with Gasteiger partial charge in [-0.2, -0.15) is 0 Å². The molecule has 2 aromatic rings. The molecule has 108 valence electrons. The average Bonchev–Trinajstić information content (AvgIpc) is 2.89. The molecular weight excluding hydrogens is 411 g/mol.